The first kappa shape index (κ1) is 26.4. The van der Waals surface area contributed by atoms with Crippen LogP contribution in [-0.4, -0.2) is 77.2 Å². The molecule has 3 aromatic rings. The van der Waals surface area contributed by atoms with Crippen molar-refractivity contribution in [2.75, 3.05) is 43.2 Å². The van der Waals surface area contributed by atoms with Gasteiger partial charge in [-0.3, -0.25) is 14.4 Å². The monoisotopic (exact) mass is 533 g/mol. The minimum absolute atomic E-state index is 0.0691. The maximum absolute atomic E-state index is 13.9. The summed E-state index contributed by atoms with van der Waals surface area (Å²) in [5.74, 6) is -0.164. The van der Waals surface area contributed by atoms with Crippen LogP contribution in [0.2, 0.25) is 0 Å². The van der Waals surface area contributed by atoms with Gasteiger partial charge in [-0.15, -0.1) is 0 Å². The summed E-state index contributed by atoms with van der Waals surface area (Å²) in [6, 6.07) is 13.5. The second kappa shape index (κ2) is 11.3. The lowest BCUT2D eigenvalue weighted by Crippen LogP contribution is -2.41. The third kappa shape index (κ3) is 5.10. The van der Waals surface area contributed by atoms with Crippen molar-refractivity contribution in [2.24, 2.45) is 0 Å². The van der Waals surface area contributed by atoms with E-state index in [4.69, 9.17) is 4.74 Å². The first-order chi connectivity index (χ1) is 18.9. The number of carbonyl (C=O) groups excluding carboxylic acids is 3. The molecule has 0 atom stereocenters. The van der Waals surface area contributed by atoms with Gasteiger partial charge in [-0.1, -0.05) is 0 Å². The molecule has 0 unspecified atom stereocenters. The summed E-state index contributed by atoms with van der Waals surface area (Å²) in [4.78, 5) is 42.7. The maximum Gasteiger partial charge on any atom is 0.277 e. The highest BCUT2D eigenvalue weighted by molar-refractivity contribution is 6.10. The number of carbonyl (C=O) groups is 3. The molecule has 1 fully saturated rings. The quantitative estimate of drug-likeness (QED) is 0.401. The molecule has 5 rings (SSSR count). The van der Waals surface area contributed by atoms with Crippen LogP contribution in [0, 0.1) is 0 Å². The summed E-state index contributed by atoms with van der Waals surface area (Å²) in [7, 11) is 1.56. The molecule has 2 aromatic carbocycles. The third-order valence-corrected chi connectivity index (χ3v) is 7.12. The Morgan fingerprint density at radius 3 is 2.18 bits per heavy atom. The Hall–Kier alpha value is -4.22. The van der Waals surface area contributed by atoms with E-state index < -0.39 is 25.2 Å². The van der Waals surface area contributed by atoms with E-state index in [0.717, 1.165) is 18.5 Å². The highest BCUT2D eigenvalue weighted by Crippen LogP contribution is 2.31. The topological polar surface area (TPSA) is 137 Å². The number of rotatable bonds is 8. The second-order valence-electron chi connectivity index (χ2n) is 9.55. The molecule has 3 heterocycles. The molecular formula is C28H31N5O6. The number of aliphatic hydroxyl groups is 2. The zero-order valence-corrected chi connectivity index (χ0v) is 21.7. The van der Waals surface area contributed by atoms with Crippen LogP contribution in [0.25, 0.3) is 5.69 Å². The normalized spacial score (nSPS) is 15.5. The number of fused-ring (bicyclic) bond motifs is 1. The Labute approximate surface area is 225 Å². The molecule has 0 radical (unpaired) electrons. The minimum Gasteiger partial charge on any atom is -0.497 e. The van der Waals surface area contributed by atoms with E-state index in [1.54, 1.807) is 41.2 Å². The number of methoxy groups -OCH3 is 1. The lowest BCUT2D eigenvalue weighted by molar-refractivity contribution is -0.119. The first-order valence-corrected chi connectivity index (χ1v) is 13.0. The van der Waals surface area contributed by atoms with Crippen molar-refractivity contribution in [2.45, 2.75) is 31.7 Å². The van der Waals surface area contributed by atoms with Crippen molar-refractivity contribution >= 4 is 29.1 Å². The van der Waals surface area contributed by atoms with Crippen molar-refractivity contribution in [1.29, 1.82) is 0 Å². The van der Waals surface area contributed by atoms with Crippen LogP contribution in [0.3, 0.4) is 0 Å². The van der Waals surface area contributed by atoms with Gasteiger partial charge in [0.15, 0.2) is 5.69 Å². The number of ether oxygens (including phenoxy) is 1. The van der Waals surface area contributed by atoms with Gasteiger partial charge in [-0.25, -0.2) is 4.68 Å². The second-order valence-corrected chi connectivity index (χ2v) is 9.55. The molecule has 1 aromatic heterocycles. The van der Waals surface area contributed by atoms with Crippen molar-refractivity contribution in [3.05, 3.63) is 65.5 Å². The predicted octanol–water partition coefficient (Wildman–Crippen LogP) is 1.68. The van der Waals surface area contributed by atoms with Crippen LogP contribution in [0.4, 0.5) is 11.4 Å². The van der Waals surface area contributed by atoms with Crippen LogP contribution < -0.4 is 19.9 Å². The molecule has 11 nitrogen and oxygen atoms in total. The van der Waals surface area contributed by atoms with E-state index in [2.05, 4.69) is 10.4 Å². The molecule has 11 heteroatoms. The van der Waals surface area contributed by atoms with Crippen molar-refractivity contribution in [3.8, 4) is 11.4 Å². The molecule has 3 N–H and O–H groups in total. The van der Waals surface area contributed by atoms with E-state index in [9.17, 15) is 24.6 Å². The van der Waals surface area contributed by atoms with Crippen LogP contribution >= 0.6 is 0 Å². The van der Waals surface area contributed by atoms with E-state index in [1.165, 1.54) is 4.68 Å². The average Bonchev–Trinajstić information content (AvgIpc) is 3.37. The first-order valence-electron chi connectivity index (χ1n) is 13.0. The molecule has 1 saturated heterocycles. The van der Waals surface area contributed by atoms with Gasteiger partial charge < -0.3 is 30.1 Å². The van der Waals surface area contributed by atoms with Gasteiger partial charge in [-0.2, -0.15) is 5.10 Å². The van der Waals surface area contributed by atoms with Crippen molar-refractivity contribution < 1.29 is 29.3 Å². The molecule has 0 aliphatic carbocycles. The van der Waals surface area contributed by atoms with E-state index in [-0.39, 0.29) is 23.2 Å². The summed E-state index contributed by atoms with van der Waals surface area (Å²) in [5, 5.41) is 25.9. The molecule has 39 heavy (non-hydrogen) atoms. The van der Waals surface area contributed by atoms with Crippen LogP contribution in [0.15, 0.2) is 48.5 Å². The Morgan fingerprint density at radius 1 is 0.923 bits per heavy atom. The van der Waals surface area contributed by atoms with Gasteiger partial charge in [0, 0.05) is 36.4 Å². The Kier molecular flexibility index (Phi) is 7.62. The zero-order valence-electron chi connectivity index (χ0n) is 21.7. The lowest BCUT2D eigenvalue weighted by Gasteiger charge is -2.29. The van der Waals surface area contributed by atoms with Gasteiger partial charge >= 0.3 is 0 Å². The fourth-order valence-corrected chi connectivity index (χ4v) is 4.99. The fraction of sp³-hybridized carbons (Fsp3) is 0.357. The number of amides is 3. The smallest absolute Gasteiger partial charge is 0.277 e. The molecule has 0 spiro atoms. The number of anilines is 2. The molecule has 2 aliphatic heterocycles. The molecular weight excluding hydrogens is 502 g/mol. The summed E-state index contributed by atoms with van der Waals surface area (Å²) >= 11 is 0. The fourth-order valence-electron chi connectivity index (χ4n) is 4.99. The number of benzene rings is 2. The van der Waals surface area contributed by atoms with Crippen LogP contribution in [-0.2, 0) is 11.2 Å². The summed E-state index contributed by atoms with van der Waals surface area (Å²) < 4.78 is 6.70. The lowest BCUT2D eigenvalue weighted by atomic mass is 10.0. The average molecular weight is 534 g/mol. The van der Waals surface area contributed by atoms with Gasteiger partial charge in [-0.05, 0) is 67.8 Å². The highest BCUT2D eigenvalue weighted by atomic mass is 16.5. The molecule has 0 bridgehead atoms. The highest BCUT2D eigenvalue weighted by Gasteiger charge is 2.35. The van der Waals surface area contributed by atoms with Crippen LogP contribution in [0.1, 0.15) is 45.8 Å². The molecule has 2 aliphatic rings. The summed E-state index contributed by atoms with van der Waals surface area (Å²) in [5.41, 5.74) is 2.87. The zero-order chi connectivity index (χ0) is 27.5. The number of aliphatic hydroxyl groups excluding tert-OH is 2. The minimum atomic E-state index is -0.847. The molecule has 204 valence electrons. The molecule has 0 saturated carbocycles. The number of nitrogens with one attached hydrogen (secondary N) is 1. The number of hydrogen-bond donors (Lipinski definition) is 3. The predicted molar refractivity (Wildman–Crippen MR) is 144 cm³/mol. The largest absolute Gasteiger partial charge is 0.497 e. The standard InChI is InChI=1S/C28H31N5O6/c1-39-22-11-9-21(10-12-22)33-26-23(25(30-33)27(37)29-18(16-34)17-35)13-15-32(28(26)38)20-7-5-19(6-8-20)31-14-3-2-4-24(31)36/h5-12,18,34-35H,2-4,13-17H2,1H3,(H,29,37). The Bertz CT molecular complexity index is 1360. The van der Waals surface area contributed by atoms with Crippen molar-refractivity contribution in [1.82, 2.24) is 15.1 Å². The number of aromatic nitrogens is 2. The number of hydrogen-bond acceptors (Lipinski definition) is 7. The van der Waals surface area contributed by atoms with E-state index in [1.807, 2.05) is 24.3 Å². The Balaban J connectivity index is 1.49. The maximum atomic E-state index is 13.9. The van der Waals surface area contributed by atoms with Gasteiger partial charge in [0.05, 0.1) is 32.1 Å². The SMILES string of the molecule is COc1ccc(-n2nc(C(=O)NC(CO)CO)c3c2C(=O)N(c2ccc(N4CCCCC4=O)cc2)CC3)cc1. The Morgan fingerprint density at radius 2 is 1.56 bits per heavy atom. The molecule has 3 amide bonds. The summed E-state index contributed by atoms with van der Waals surface area (Å²) in [6.07, 6.45) is 2.77. The summed E-state index contributed by atoms with van der Waals surface area (Å²) in [6.45, 7) is 0.139. The number of piperidine rings is 1. The van der Waals surface area contributed by atoms with E-state index >= 15 is 0 Å². The van der Waals surface area contributed by atoms with Gasteiger partial charge in [0.2, 0.25) is 5.91 Å². The van der Waals surface area contributed by atoms with Crippen LogP contribution in [0.5, 0.6) is 5.75 Å². The third-order valence-electron chi connectivity index (χ3n) is 7.12. The van der Waals surface area contributed by atoms with Crippen molar-refractivity contribution in [3.63, 3.8) is 0 Å². The van der Waals surface area contributed by atoms with Gasteiger partial charge in [0.1, 0.15) is 11.4 Å². The van der Waals surface area contributed by atoms with E-state index in [0.29, 0.717) is 48.6 Å². The van der Waals surface area contributed by atoms with Gasteiger partial charge in [0.25, 0.3) is 11.8 Å². The number of nitrogens with zero attached hydrogens (tertiary/aromatic N) is 4.